The van der Waals surface area contributed by atoms with Gasteiger partial charge in [-0.2, -0.15) is 13.2 Å². The topological polar surface area (TPSA) is 62.0 Å². The first kappa shape index (κ1) is 19.2. The van der Waals surface area contributed by atoms with Gasteiger partial charge in [0.1, 0.15) is 0 Å². The van der Waals surface area contributed by atoms with Crippen molar-refractivity contribution in [3.63, 3.8) is 0 Å². The van der Waals surface area contributed by atoms with E-state index in [1.165, 1.54) is 13.0 Å². The quantitative estimate of drug-likeness (QED) is 0.853. The largest absolute Gasteiger partial charge is 0.416 e. The maximum absolute atomic E-state index is 12.8. The van der Waals surface area contributed by atoms with E-state index < -0.39 is 17.6 Å². The van der Waals surface area contributed by atoms with Gasteiger partial charge in [0.25, 0.3) is 11.5 Å². The monoisotopic (exact) mass is 378 g/mol. The van der Waals surface area contributed by atoms with Crippen LogP contribution in [0.3, 0.4) is 0 Å². The molecule has 0 bridgehead atoms. The van der Waals surface area contributed by atoms with Crippen molar-refractivity contribution in [1.82, 2.24) is 10.3 Å². The molecule has 1 aromatic carbocycles. The fourth-order valence-electron chi connectivity index (χ4n) is 3.66. The van der Waals surface area contributed by atoms with Crippen LogP contribution in [-0.4, -0.2) is 10.9 Å². The Labute approximate surface area is 154 Å². The molecule has 3 rings (SSSR count). The number of benzene rings is 1. The van der Waals surface area contributed by atoms with E-state index in [1.54, 1.807) is 0 Å². The van der Waals surface area contributed by atoms with Crippen LogP contribution in [0.25, 0.3) is 0 Å². The van der Waals surface area contributed by atoms with Crippen molar-refractivity contribution >= 4 is 5.91 Å². The van der Waals surface area contributed by atoms with Gasteiger partial charge in [-0.3, -0.25) is 9.59 Å². The number of fused-ring (bicyclic) bond motifs is 1. The normalized spacial score (nSPS) is 14.0. The van der Waals surface area contributed by atoms with Crippen LogP contribution in [0.1, 0.15) is 56.7 Å². The fraction of sp³-hybridized carbons (Fsp3) is 0.400. The lowest BCUT2D eigenvalue weighted by atomic mass is 9.88. The molecule has 2 N–H and O–H groups in total. The molecule has 1 aliphatic carbocycles. The van der Waals surface area contributed by atoms with Crippen LogP contribution in [0, 0.1) is 13.8 Å². The Morgan fingerprint density at radius 3 is 2.44 bits per heavy atom. The second-order valence-electron chi connectivity index (χ2n) is 6.93. The number of hydrogen-bond donors (Lipinski definition) is 2. The first-order valence-electron chi connectivity index (χ1n) is 8.88. The van der Waals surface area contributed by atoms with E-state index in [0.29, 0.717) is 5.56 Å². The van der Waals surface area contributed by atoms with E-state index in [0.717, 1.165) is 54.6 Å². The number of rotatable bonds is 3. The lowest BCUT2D eigenvalue weighted by molar-refractivity contribution is -0.137. The summed E-state index contributed by atoms with van der Waals surface area (Å²) in [4.78, 5) is 27.6. The maximum Gasteiger partial charge on any atom is 0.416 e. The average molecular weight is 378 g/mol. The van der Waals surface area contributed by atoms with Crippen molar-refractivity contribution in [3.8, 4) is 0 Å². The Hall–Kier alpha value is -2.57. The summed E-state index contributed by atoms with van der Waals surface area (Å²) in [5, 5.41) is 2.68. The summed E-state index contributed by atoms with van der Waals surface area (Å²) in [7, 11) is 0. The standard InChI is InChI=1S/C20H21F3N2O2/c1-11-9-13(20(21,22)23)7-8-14(11)18(26)24-10-17-16-6-4-3-5-15(16)12(2)25-19(17)27/h7-9H,3-6,10H2,1-2H3,(H,24,26)(H,25,27). The zero-order chi connectivity index (χ0) is 19.8. The Balaban J connectivity index is 1.82. The third-order valence-electron chi connectivity index (χ3n) is 5.08. The van der Waals surface area contributed by atoms with Gasteiger partial charge in [-0.25, -0.2) is 0 Å². The number of halogens is 3. The van der Waals surface area contributed by atoms with E-state index in [4.69, 9.17) is 0 Å². The van der Waals surface area contributed by atoms with Crippen LogP contribution in [0.5, 0.6) is 0 Å². The van der Waals surface area contributed by atoms with Crippen molar-refractivity contribution in [2.24, 2.45) is 0 Å². The highest BCUT2D eigenvalue weighted by Gasteiger charge is 2.31. The van der Waals surface area contributed by atoms with Crippen molar-refractivity contribution in [2.75, 3.05) is 0 Å². The Morgan fingerprint density at radius 2 is 1.81 bits per heavy atom. The number of amides is 1. The van der Waals surface area contributed by atoms with Gasteiger partial charge in [0, 0.05) is 23.4 Å². The van der Waals surface area contributed by atoms with Gasteiger partial charge in [-0.15, -0.1) is 0 Å². The number of carbonyl (C=O) groups is 1. The van der Waals surface area contributed by atoms with Crippen LogP contribution < -0.4 is 10.9 Å². The van der Waals surface area contributed by atoms with Crippen LogP contribution in [0.4, 0.5) is 13.2 Å². The van der Waals surface area contributed by atoms with Crippen LogP contribution in [0.2, 0.25) is 0 Å². The molecular weight excluding hydrogens is 357 g/mol. The number of H-pyrrole nitrogens is 1. The van der Waals surface area contributed by atoms with Gasteiger partial charge in [-0.05, 0) is 74.4 Å². The van der Waals surface area contributed by atoms with Gasteiger partial charge < -0.3 is 10.3 Å². The zero-order valence-electron chi connectivity index (χ0n) is 15.2. The summed E-state index contributed by atoms with van der Waals surface area (Å²) in [6.45, 7) is 3.39. The third-order valence-corrected chi connectivity index (χ3v) is 5.08. The van der Waals surface area contributed by atoms with Crippen LogP contribution >= 0.6 is 0 Å². The number of pyridine rings is 1. The second-order valence-corrected chi connectivity index (χ2v) is 6.93. The van der Waals surface area contributed by atoms with Gasteiger partial charge in [0.2, 0.25) is 0 Å². The minimum absolute atomic E-state index is 0.0528. The molecule has 0 saturated carbocycles. The third kappa shape index (κ3) is 3.91. The lowest BCUT2D eigenvalue weighted by Crippen LogP contribution is -2.30. The highest BCUT2D eigenvalue weighted by atomic mass is 19.4. The summed E-state index contributed by atoms with van der Waals surface area (Å²) < 4.78 is 38.3. The molecule has 0 aliphatic heterocycles. The molecule has 4 nitrogen and oxygen atoms in total. The maximum atomic E-state index is 12.8. The Bertz CT molecular complexity index is 945. The SMILES string of the molecule is Cc1cc(C(F)(F)F)ccc1C(=O)NCc1c2c(c(C)[nH]c1=O)CCCC2. The molecule has 0 atom stereocenters. The van der Waals surface area contributed by atoms with Crippen molar-refractivity contribution in [1.29, 1.82) is 0 Å². The first-order chi connectivity index (χ1) is 12.7. The smallest absolute Gasteiger partial charge is 0.348 e. The van der Waals surface area contributed by atoms with Gasteiger partial charge in [-0.1, -0.05) is 0 Å². The molecule has 7 heteroatoms. The predicted molar refractivity (Wildman–Crippen MR) is 95.8 cm³/mol. The lowest BCUT2D eigenvalue weighted by Gasteiger charge is -2.21. The Kier molecular flexibility index (Phi) is 5.13. The molecule has 1 aromatic heterocycles. The highest BCUT2D eigenvalue weighted by Crippen LogP contribution is 2.30. The molecule has 0 spiro atoms. The van der Waals surface area contributed by atoms with E-state index in [1.807, 2.05) is 6.92 Å². The number of carbonyl (C=O) groups excluding carboxylic acids is 1. The van der Waals surface area contributed by atoms with Crippen molar-refractivity contribution in [3.05, 3.63) is 67.6 Å². The van der Waals surface area contributed by atoms with E-state index in [9.17, 15) is 22.8 Å². The summed E-state index contributed by atoms with van der Waals surface area (Å²) in [6, 6.07) is 3.01. The van der Waals surface area contributed by atoms with Gasteiger partial charge in [0.15, 0.2) is 0 Å². The molecule has 1 amide bonds. The predicted octanol–water partition coefficient (Wildman–Crippen LogP) is 3.82. The van der Waals surface area contributed by atoms with E-state index in [-0.39, 0.29) is 23.2 Å². The molecule has 0 radical (unpaired) electrons. The van der Waals surface area contributed by atoms with Crippen molar-refractivity contribution < 1.29 is 18.0 Å². The number of aromatic nitrogens is 1. The van der Waals surface area contributed by atoms with E-state index >= 15 is 0 Å². The molecule has 2 aromatic rings. The molecule has 0 unspecified atom stereocenters. The number of aryl methyl sites for hydroxylation is 2. The number of hydrogen-bond acceptors (Lipinski definition) is 2. The first-order valence-corrected chi connectivity index (χ1v) is 8.88. The summed E-state index contributed by atoms with van der Waals surface area (Å²) >= 11 is 0. The second kappa shape index (κ2) is 7.21. The number of alkyl halides is 3. The molecule has 1 aliphatic rings. The summed E-state index contributed by atoms with van der Waals surface area (Å²) in [5.41, 5.74) is 2.92. The van der Waals surface area contributed by atoms with Crippen LogP contribution in [0.15, 0.2) is 23.0 Å². The van der Waals surface area contributed by atoms with Gasteiger partial charge in [0.05, 0.1) is 5.56 Å². The molecule has 1 heterocycles. The van der Waals surface area contributed by atoms with Gasteiger partial charge >= 0.3 is 6.18 Å². The minimum Gasteiger partial charge on any atom is -0.348 e. The molecule has 0 fully saturated rings. The molecule has 144 valence electrons. The fourth-order valence-corrected chi connectivity index (χ4v) is 3.66. The summed E-state index contributed by atoms with van der Waals surface area (Å²) in [6.07, 6.45) is -0.694. The number of nitrogens with one attached hydrogen (secondary N) is 2. The van der Waals surface area contributed by atoms with E-state index in [2.05, 4.69) is 10.3 Å². The average Bonchev–Trinajstić information content (AvgIpc) is 2.60. The highest BCUT2D eigenvalue weighted by molar-refractivity contribution is 5.95. The molecule has 27 heavy (non-hydrogen) atoms. The van der Waals surface area contributed by atoms with Crippen molar-refractivity contribution in [2.45, 2.75) is 52.3 Å². The molecular formula is C20H21F3N2O2. The molecule has 0 saturated heterocycles. The van der Waals surface area contributed by atoms with Crippen LogP contribution in [-0.2, 0) is 25.6 Å². The minimum atomic E-state index is -4.45. The Morgan fingerprint density at radius 1 is 1.15 bits per heavy atom. The summed E-state index contributed by atoms with van der Waals surface area (Å²) in [5.74, 6) is -0.495. The zero-order valence-corrected chi connectivity index (χ0v) is 15.2. The number of aromatic amines is 1.